The zero-order valence-corrected chi connectivity index (χ0v) is 19.4. The first-order valence-corrected chi connectivity index (χ1v) is 13.0. The predicted octanol–water partition coefficient (Wildman–Crippen LogP) is 5.49. The number of hydrogen-bond acceptors (Lipinski definition) is 6. The van der Waals surface area contributed by atoms with Crippen molar-refractivity contribution in [3.8, 4) is 11.3 Å². The highest BCUT2D eigenvalue weighted by Gasteiger charge is 2.25. The topological polar surface area (TPSA) is 74.7 Å². The average Bonchev–Trinajstić information content (AvgIpc) is 3.11. The zero-order chi connectivity index (χ0) is 22.2. The highest BCUT2D eigenvalue weighted by Crippen LogP contribution is 2.28. The first-order chi connectivity index (χ1) is 15.6. The van der Waals surface area contributed by atoms with E-state index in [1.807, 2.05) is 53.9 Å². The van der Waals surface area contributed by atoms with Crippen LogP contribution >= 0.6 is 11.3 Å². The van der Waals surface area contributed by atoms with Crippen molar-refractivity contribution in [1.82, 2.24) is 9.29 Å². The second-order valence-electron chi connectivity index (χ2n) is 7.54. The quantitative estimate of drug-likeness (QED) is 0.369. The van der Waals surface area contributed by atoms with E-state index in [0.717, 1.165) is 42.5 Å². The highest BCUT2D eigenvalue weighted by molar-refractivity contribution is 7.89. The third kappa shape index (κ3) is 5.70. The molecule has 166 valence electrons. The lowest BCUT2D eigenvalue weighted by Crippen LogP contribution is -2.31. The minimum Gasteiger partial charge on any atom is -0.253 e. The maximum absolute atomic E-state index is 13.1. The van der Waals surface area contributed by atoms with Crippen molar-refractivity contribution < 1.29 is 8.42 Å². The molecule has 1 aromatic heterocycles. The molecule has 1 aliphatic rings. The Kier molecular flexibility index (Phi) is 7.47. The molecule has 0 amide bonds. The molecular weight excluding hydrogens is 440 g/mol. The predicted molar refractivity (Wildman–Crippen MR) is 132 cm³/mol. The van der Waals surface area contributed by atoms with Crippen LogP contribution in [0.1, 0.15) is 31.2 Å². The van der Waals surface area contributed by atoms with Crippen LogP contribution in [0, 0.1) is 0 Å². The fourth-order valence-corrected chi connectivity index (χ4v) is 5.79. The molecule has 3 aromatic rings. The number of nitrogens with zero attached hydrogens (tertiary/aromatic N) is 3. The lowest BCUT2D eigenvalue weighted by molar-refractivity contribution is 0.424. The first-order valence-electron chi connectivity index (χ1n) is 10.7. The van der Waals surface area contributed by atoms with Gasteiger partial charge in [0.25, 0.3) is 0 Å². The number of allylic oxidation sites excluding steroid dienone is 1. The third-order valence-electron chi connectivity index (χ3n) is 5.25. The molecule has 1 N–H and O–H groups in total. The molecule has 2 aromatic carbocycles. The summed E-state index contributed by atoms with van der Waals surface area (Å²) < 4.78 is 27.8. The van der Waals surface area contributed by atoms with E-state index in [1.54, 1.807) is 28.7 Å². The maximum atomic E-state index is 13.1. The summed E-state index contributed by atoms with van der Waals surface area (Å²) in [4.78, 5) is 4.87. The van der Waals surface area contributed by atoms with Crippen LogP contribution in [0.4, 0.5) is 5.13 Å². The molecule has 4 rings (SSSR count). The second-order valence-corrected chi connectivity index (χ2v) is 10.3. The van der Waals surface area contributed by atoms with Crippen molar-refractivity contribution in [2.45, 2.75) is 30.6 Å². The van der Waals surface area contributed by atoms with Gasteiger partial charge in [-0.15, -0.1) is 11.3 Å². The summed E-state index contributed by atoms with van der Waals surface area (Å²) in [5.74, 6) is 0. The Morgan fingerprint density at radius 1 is 1.00 bits per heavy atom. The van der Waals surface area contributed by atoms with E-state index < -0.39 is 10.0 Å². The molecule has 0 radical (unpaired) electrons. The molecule has 1 fully saturated rings. The van der Waals surface area contributed by atoms with Crippen LogP contribution in [0.15, 0.2) is 76.1 Å². The van der Waals surface area contributed by atoms with Gasteiger partial charge in [-0.3, -0.25) is 5.43 Å². The van der Waals surface area contributed by atoms with Gasteiger partial charge in [0.1, 0.15) is 0 Å². The maximum Gasteiger partial charge on any atom is 0.243 e. The zero-order valence-electron chi connectivity index (χ0n) is 17.7. The van der Waals surface area contributed by atoms with Gasteiger partial charge in [0, 0.05) is 30.2 Å². The Labute approximate surface area is 193 Å². The molecular formula is C24H26N4O2S2. The molecule has 0 bridgehead atoms. The summed E-state index contributed by atoms with van der Waals surface area (Å²) in [5.41, 5.74) is 5.52. The number of hydrazone groups is 1. The van der Waals surface area contributed by atoms with E-state index in [-0.39, 0.29) is 0 Å². The van der Waals surface area contributed by atoms with Gasteiger partial charge in [0.15, 0.2) is 0 Å². The van der Waals surface area contributed by atoms with Gasteiger partial charge in [-0.05, 0) is 36.6 Å². The lowest BCUT2D eigenvalue weighted by Gasteiger charge is -2.20. The van der Waals surface area contributed by atoms with Crippen molar-refractivity contribution in [2.24, 2.45) is 5.10 Å². The number of rotatable bonds is 7. The van der Waals surface area contributed by atoms with Crippen LogP contribution in [0.2, 0.25) is 0 Å². The molecule has 8 heteroatoms. The van der Waals surface area contributed by atoms with E-state index >= 15 is 0 Å². The number of anilines is 1. The van der Waals surface area contributed by atoms with Crippen LogP contribution in [0.25, 0.3) is 17.3 Å². The Morgan fingerprint density at radius 3 is 2.56 bits per heavy atom. The fraction of sp³-hybridized carbons (Fsp3) is 0.250. The number of nitrogens with one attached hydrogen (secondary N) is 1. The summed E-state index contributed by atoms with van der Waals surface area (Å²) in [6.45, 7) is 1.18. The van der Waals surface area contributed by atoms with Crippen LogP contribution in [-0.4, -0.2) is 37.0 Å². The smallest absolute Gasteiger partial charge is 0.243 e. The fourth-order valence-electron chi connectivity index (χ4n) is 3.56. The van der Waals surface area contributed by atoms with Crippen LogP contribution in [0.5, 0.6) is 0 Å². The molecule has 0 unspecified atom stereocenters. The van der Waals surface area contributed by atoms with Crippen molar-refractivity contribution >= 4 is 38.8 Å². The first kappa shape index (κ1) is 22.4. The standard InChI is InChI=1S/C24H26N4O2S2/c29-32(30,28-16-6-1-2-7-17-28)22-14-8-13-21(18-22)23-19-31-24(26-23)27-25-15-9-12-20-10-4-3-5-11-20/h3-5,8-15,18-19H,1-2,6-7,16-17H2,(H,26,27)/b12-9+,25-15+. The highest BCUT2D eigenvalue weighted by atomic mass is 32.2. The summed E-state index contributed by atoms with van der Waals surface area (Å²) in [6.07, 6.45) is 9.50. The normalized spacial score (nSPS) is 15.9. The second kappa shape index (κ2) is 10.7. The molecule has 0 spiro atoms. The van der Waals surface area contributed by atoms with E-state index in [2.05, 4.69) is 15.5 Å². The van der Waals surface area contributed by atoms with Gasteiger partial charge >= 0.3 is 0 Å². The van der Waals surface area contributed by atoms with Gasteiger partial charge in [-0.25, -0.2) is 13.4 Å². The number of aromatic nitrogens is 1. The monoisotopic (exact) mass is 466 g/mol. The van der Waals surface area contributed by atoms with E-state index in [9.17, 15) is 8.42 Å². The molecule has 0 aliphatic carbocycles. The van der Waals surface area contributed by atoms with Crippen molar-refractivity contribution in [3.05, 3.63) is 71.6 Å². The van der Waals surface area contributed by atoms with Gasteiger partial charge in [0.05, 0.1) is 10.6 Å². The van der Waals surface area contributed by atoms with E-state index in [0.29, 0.717) is 23.1 Å². The minimum atomic E-state index is -3.49. The molecule has 0 atom stereocenters. The van der Waals surface area contributed by atoms with Crippen LogP contribution in [-0.2, 0) is 10.0 Å². The molecule has 0 saturated carbocycles. The van der Waals surface area contributed by atoms with Gasteiger partial charge in [-0.1, -0.05) is 61.4 Å². The third-order valence-corrected chi connectivity index (χ3v) is 7.89. The Morgan fingerprint density at radius 2 is 1.78 bits per heavy atom. The van der Waals surface area contributed by atoms with Gasteiger partial charge in [0.2, 0.25) is 15.2 Å². The van der Waals surface area contributed by atoms with Crippen LogP contribution in [0.3, 0.4) is 0 Å². The van der Waals surface area contributed by atoms with Crippen molar-refractivity contribution in [2.75, 3.05) is 18.5 Å². The number of benzene rings is 2. The number of hydrogen-bond donors (Lipinski definition) is 1. The lowest BCUT2D eigenvalue weighted by atomic mass is 10.2. The van der Waals surface area contributed by atoms with Crippen LogP contribution < -0.4 is 5.43 Å². The van der Waals surface area contributed by atoms with Crippen molar-refractivity contribution in [3.63, 3.8) is 0 Å². The Balaban J connectivity index is 1.43. The summed E-state index contributed by atoms with van der Waals surface area (Å²) in [6, 6.07) is 17.0. The molecule has 1 aliphatic heterocycles. The molecule has 32 heavy (non-hydrogen) atoms. The van der Waals surface area contributed by atoms with Gasteiger partial charge in [-0.2, -0.15) is 9.41 Å². The average molecular weight is 467 g/mol. The Hall–Kier alpha value is -2.81. The number of thiazole rings is 1. The molecule has 2 heterocycles. The summed E-state index contributed by atoms with van der Waals surface area (Å²) in [7, 11) is -3.49. The largest absolute Gasteiger partial charge is 0.253 e. The van der Waals surface area contributed by atoms with Crippen molar-refractivity contribution in [1.29, 1.82) is 0 Å². The van der Waals surface area contributed by atoms with E-state index in [4.69, 9.17) is 0 Å². The molecule has 6 nitrogen and oxygen atoms in total. The van der Waals surface area contributed by atoms with Gasteiger partial charge < -0.3 is 0 Å². The Bertz CT molecular complexity index is 1180. The summed E-state index contributed by atoms with van der Waals surface area (Å²) in [5, 5.41) is 6.72. The SMILES string of the molecule is O=S(=O)(c1cccc(-c2csc(N/N=C/C=C/c3ccccc3)n2)c1)N1CCCCCC1. The summed E-state index contributed by atoms with van der Waals surface area (Å²) >= 11 is 1.42. The van der Waals surface area contributed by atoms with E-state index in [1.165, 1.54) is 11.3 Å². The minimum absolute atomic E-state index is 0.323. The number of sulfonamides is 1. The molecule has 1 saturated heterocycles.